The summed E-state index contributed by atoms with van der Waals surface area (Å²) in [5.74, 6) is 0. The van der Waals surface area contributed by atoms with Crippen molar-refractivity contribution in [2.75, 3.05) is 0 Å². The largest absolute Gasteiger partial charge is 2.00 e. The van der Waals surface area contributed by atoms with Crippen LogP contribution in [0.4, 0.5) is 0 Å². The smallest absolute Gasteiger partial charge is 0.213 e. The third-order valence-corrected chi connectivity index (χ3v) is 12.1. The molecule has 0 N–H and O–H groups in total. The summed E-state index contributed by atoms with van der Waals surface area (Å²) >= 11 is 0. The van der Waals surface area contributed by atoms with Gasteiger partial charge in [0.2, 0.25) is 0 Å². The predicted octanol–water partition coefficient (Wildman–Crippen LogP) is 9.00. The summed E-state index contributed by atoms with van der Waals surface area (Å²) in [7, 11) is -0.818. The van der Waals surface area contributed by atoms with E-state index in [0.29, 0.717) is 0 Å². The molecule has 0 saturated carbocycles. The molecule has 6 aromatic rings. The molecule has 4 heteroatoms. The van der Waals surface area contributed by atoms with Crippen LogP contribution in [0, 0.1) is 0 Å². The molecule has 236 valence electrons. The van der Waals surface area contributed by atoms with Crippen molar-refractivity contribution in [2.24, 2.45) is 0 Å². The third-order valence-electron chi connectivity index (χ3n) is 7.20. The number of benzene rings is 4. The molecule has 0 bridgehead atoms. The Morgan fingerprint density at radius 3 is 0.826 bits per heavy atom. The number of rotatable bonds is 6. The monoisotopic (exact) mass is 720 g/mol. The SMILES string of the molecule is C1=CCCC=CCC1.[Fe+2].[Ni].c1ccc(P(c2ccccc2)c2ccc[cH-]2)cc1.c1ccc(P(c2ccccc2)c2ccc[cH-]2)cc1. The van der Waals surface area contributed by atoms with E-state index >= 15 is 0 Å². The fourth-order valence-electron chi connectivity index (χ4n) is 5.08. The first-order valence-electron chi connectivity index (χ1n) is 15.4. The van der Waals surface area contributed by atoms with Crippen LogP contribution in [0.15, 0.2) is 194 Å². The van der Waals surface area contributed by atoms with Gasteiger partial charge in [-0.25, -0.2) is 24.3 Å². The van der Waals surface area contributed by atoms with Crippen LogP contribution in [0.3, 0.4) is 0 Å². The minimum atomic E-state index is -0.409. The average molecular weight is 721 g/mol. The Bertz CT molecular complexity index is 1410. The van der Waals surface area contributed by atoms with Crippen molar-refractivity contribution in [1.29, 1.82) is 0 Å². The van der Waals surface area contributed by atoms with Gasteiger partial charge in [0.15, 0.2) is 0 Å². The van der Waals surface area contributed by atoms with E-state index < -0.39 is 15.8 Å². The molecule has 0 unspecified atom stereocenters. The molecule has 0 fully saturated rings. The molecular formula is C42H40FeNiP2. The minimum Gasteiger partial charge on any atom is -0.213 e. The summed E-state index contributed by atoms with van der Waals surface area (Å²) in [6.45, 7) is 0. The van der Waals surface area contributed by atoms with Crippen LogP contribution in [0.5, 0.6) is 0 Å². The number of hydrogen-bond acceptors (Lipinski definition) is 0. The maximum absolute atomic E-state index is 2.27. The van der Waals surface area contributed by atoms with E-state index in [4.69, 9.17) is 0 Å². The normalized spacial score (nSPS) is 11.9. The zero-order valence-corrected chi connectivity index (χ0v) is 29.7. The molecule has 0 aliphatic heterocycles. The standard InChI is InChI=1S/2C17H14P.C8H12.Fe.Ni/c2*1-3-9-15(10-4-1)18(17-13-7-8-14-17)16-11-5-2-6-12-16;1-2-4-6-8-7-5-3-1;;/h2*1-14H;1-2,7-8H,3-6H2;;/q2*-1;;+2;. The second-order valence-corrected chi connectivity index (χ2v) is 14.8. The van der Waals surface area contributed by atoms with E-state index in [0.717, 1.165) is 0 Å². The van der Waals surface area contributed by atoms with E-state index in [1.54, 1.807) is 0 Å². The van der Waals surface area contributed by atoms with Gasteiger partial charge in [-0.2, -0.15) is 24.3 Å². The van der Waals surface area contributed by atoms with Crippen molar-refractivity contribution in [2.45, 2.75) is 25.7 Å². The van der Waals surface area contributed by atoms with Gasteiger partial charge in [-0.05, 0) is 62.7 Å². The van der Waals surface area contributed by atoms with Gasteiger partial charge in [0.25, 0.3) is 0 Å². The van der Waals surface area contributed by atoms with E-state index in [2.05, 4.69) is 194 Å². The first kappa shape index (κ1) is 37.4. The average Bonchev–Trinajstić information content (AvgIpc) is 3.80. The van der Waals surface area contributed by atoms with Crippen LogP contribution >= 0.6 is 15.8 Å². The van der Waals surface area contributed by atoms with Gasteiger partial charge in [-0.1, -0.05) is 146 Å². The zero-order valence-electron chi connectivity index (χ0n) is 25.9. The summed E-state index contributed by atoms with van der Waals surface area (Å²) < 4.78 is 0. The second-order valence-electron chi connectivity index (χ2n) is 10.4. The van der Waals surface area contributed by atoms with Gasteiger partial charge in [0, 0.05) is 16.5 Å². The minimum absolute atomic E-state index is 0. The molecular weight excluding hydrogens is 681 g/mol. The van der Waals surface area contributed by atoms with E-state index in [1.807, 2.05) is 0 Å². The van der Waals surface area contributed by atoms with Crippen LogP contribution in [-0.4, -0.2) is 0 Å². The van der Waals surface area contributed by atoms with Gasteiger partial charge in [-0.3, -0.25) is 0 Å². The molecule has 46 heavy (non-hydrogen) atoms. The van der Waals surface area contributed by atoms with Crippen molar-refractivity contribution in [3.8, 4) is 0 Å². The molecule has 7 rings (SSSR count). The van der Waals surface area contributed by atoms with Crippen molar-refractivity contribution >= 4 is 47.7 Å². The van der Waals surface area contributed by atoms with Gasteiger partial charge < -0.3 is 0 Å². The molecule has 0 nitrogen and oxygen atoms in total. The van der Waals surface area contributed by atoms with Crippen LogP contribution < -0.4 is 31.8 Å². The van der Waals surface area contributed by atoms with Gasteiger partial charge in [0.1, 0.15) is 0 Å². The molecule has 6 aromatic carbocycles. The summed E-state index contributed by atoms with van der Waals surface area (Å²) in [6, 6.07) is 60.5. The Morgan fingerprint density at radius 2 is 0.609 bits per heavy atom. The van der Waals surface area contributed by atoms with E-state index in [-0.39, 0.29) is 33.6 Å². The molecule has 0 saturated heterocycles. The van der Waals surface area contributed by atoms with Crippen molar-refractivity contribution < 1.29 is 33.6 Å². The Balaban J connectivity index is 0.000000197. The number of allylic oxidation sites excluding steroid dienone is 4. The fourth-order valence-corrected chi connectivity index (χ4v) is 9.70. The van der Waals surface area contributed by atoms with Crippen LogP contribution in [0.1, 0.15) is 25.7 Å². The molecule has 0 radical (unpaired) electrons. The van der Waals surface area contributed by atoms with Crippen molar-refractivity contribution in [3.05, 3.63) is 194 Å². The molecule has 0 heterocycles. The van der Waals surface area contributed by atoms with Crippen LogP contribution in [0.25, 0.3) is 0 Å². The van der Waals surface area contributed by atoms with Crippen LogP contribution in [0.2, 0.25) is 0 Å². The second kappa shape index (κ2) is 21.7. The molecule has 0 amide bonds. The number of hydrogen-bond donors (Lipinski definition) is 0. The Hall–Kier alpha value is -3.07. The topological polar surface area (TPSA) is 0 Å². The Morgan fingerprint density at radius 1 is 0.348 bits per heavy atom. The summed E-state index contributed by atoms with van der Waals surface area (Å²) in [4.78, 5) is 0. The maximum Gasteiger partial charge on any atom is 2.00 e. The van der Waals surface area contributed by atoms with Crippen molar-refractivity contribution in [3.63, 3.8) is 0 Å². The fraction of sp³-hybridized carbons (Fsp3) is 0.0952. The molecule has 0 aromatic heterocycles. The molecule has 1 aliphatic carbocycles. The Labute approximate surface area is 299 Å². The van der Waals surface area contributed by atoms with Gasteiger partial charge in [0.05, 0.1) is 0 Å². The third kappa shape index (κ3) is 11.6. The predicted molar refractivity (Wildman–Crippen MR) is 198 cm³/mol. The summed E-state index contributed by atoms with van der Waals surface area (Å²) in [5.41, 5.74) is 0. The van der Waals surface area contributed by atoms with Crippen LogP contribution in [-0.2, 0) is 33.6 Å². The maximum atomic E-state index is 2.27. The molecule has 0 atom stereocenters. The van der Waals surface area contributed by atoms with Gasteiger partial charge in [-0.15, -0.1) is 10.6 Å². The first-order valence-corrected chi connectivity index (χ1v) is 18.1. The first-order chi connectivity index (χ1) is 21.9. The molecule has 1 aliphatic rings. The van der Waals surface area contributed by atoms with E-state index in [9.17, 15) is 0 Å². The van der Waals surface area contributed by atoms with Crippen molar-refractivity contribution in [1.82, 2.24) is 0 Å². The Kier molecular flexibility index (Phi) is 17.6. The summed E-state index contributed by atoms with van der Waals surface area (Å²) in [5, 5.41) is 8.47. The molecule has 0 spiro atoms. The zero-order chi connectivity index (χ0) is 30.1. The summed E-state index contributed by atoms with van der Waals surface area (Å²) in [6.07, 6.45) is 14.0. The quantitative estimate of drug-likeness (QED) is 0.0698. The van der Waals surface area contributed by atoms with Gasteiger partial charge >= 0.3 is 17.1 Å². The van der Waals surface area contributed by atoms with E-state index in [1.165, 1.54) is 57.5 Å².